The minimum Gasteiger partial charge on any atom is -0.444 e. The molecular formula is C18H29N5O5. The van der Waals surface area contributed by atoms with E-state index in [0.29, 0.717) is 31.7 Å². The van der Waals surface area contributed by atoms with Crippen LogP contribution in [0.15, 0.2) is 6.20 Å². The van der Waals surface area contributed by atoms with Crippen molar-refractivity contribution in [1.29, 1.82) is 0 Å². The molecular weight excluding hydrogens is 366 g/mol. The number of alkyl carbamates (subject to hydrolysis) is 1. The summed E-state index contributed by atoms with van der Waals surface area (Å²) >= 11 is 0. The van der Waals surface area contributed by atoms with Crippen LogP contribution in [0.1, 0.15) is 52.5 Å². The summed E-state index contributed by atoms with van der Waals surface area (Å²) < 4.78 is 12.7. The smallest absolute Gasteiger partial charge is 0.407 e. The van der Waals surface area contributed by atoms with Crippen LogP contribution < -0.4 is 10.2 Å². The van der Waals surface area contributed by atoms with Crippen molar-refractivity contribution in [2.24, 2.45) is 0 Å². The van der Waals surface area contributed by atoms with Crippen molar-refractivity contribution in [3.05, 3.63) is 16.3 Å². The first kappa shape index (κ1) is 20.4. The zero-order valence-corrected chi connectivity index (χ0v) is 16.9. The molecule has 156 valence electrons. The van der Waals surface area contributed by atoms with E-state index in [1.807, 2.05) is 25.7 Å². The van der Waals surface area contributed by atoms with Crippen LogP contribution in [0.5, 0.6) is 0 Å². The number of hydrogen-bond acceptors (Lipinski definition) is 7. The Hall–Kier alpha value is -2.36. The molecule has 1 aliphatic heterocycles. The molecule has 1 saturated heterocycles. The number of carbonyl (C=O) groups is 1. The number of carbonyl (C=O) groups excluding carboxylic acids is 1. The normalized spacial score (nSPS) is 23.2. The third-order valence-corrected chi connectivity index (χ3v) is 4.99. The molecule has 2 aliphatic rings. The molecule has 2 heterocycles. The molecule has 0 radical (unpaired) electrons. The number of ether oxygens (including phenoxy) is 2. The molecule has 1 amide bonds. The van der Waals surface area contributed by atoms with Crippen molar-refractivity contribution in [3.8, 4) is 0 Å². The zero-order chi connectivity index (χ0) is 20.5. The fourth-order valence-electron chi connectivity index (χ4n) is 3.56. The first-order valence-corrected chi connectivity index (χ1v) is 9.68. The van der Waals surface area contributed by atoms with Crippen LogP contribution in [0.4, 0.5) is 16.3 Å². The molecule has 1 N–H and O–H groups in total. The predicted octanol–water partition coefficient (Wildman–Crippen LogP) is 2.63. The van der Waals surface area contributed by atoms with Gasteiger partial charge in [0.05, 0.1) is 23.1 Å². The maximum Gasteiger partial charge on any atom is 0.407 e. The first-order valence-electron chi connectivity index (χ1n) is 9.68. The van der Waals surface area contributed by atoms with Gasteiger partial charge in [-0.15, -0.1) is 0 Å². The molecule has 2 atom stereocenters. The number of anilines is 1. The second kappa shape index (κ2) is 7.94. The third-order valence-electron chi connectivity index (χ3n) is 4.99. The Balaban J connectivity index is 1.75. The molecule has 0 spiro atoms. The van der Waals surface area contributed by atoms with Gasteiger partial charge in [0.2, 0.25) is 5.82 Å². The van der Waals surface area contributed by atoms with E-state index >= 15 is 0 Å². The summed E-state index contributed by atoms with van der Waals surface area (Å²) in [5.74, 6) is 0.556. The molecule has 2 fully saturated rings. The van der Waals surface area contributed by atoms with Crippen LogP contribution in [0.25, 0.3) is 0 Å². The Morgan fingerprint density at radius 2 is 1.96 bits per heavy atom. The zero-order valence-electron chi connectivity index (χ0n) is 16.9. The van der Waals surface area contributed by atoms with Crippen molar-refractivity contribution in [2.75, 3.05) is 25.1 Å². The van der Waals surface area contributed by atoms with Gasteiger partial charge in [0.1, 0.15) is 11.8 Å². The minimum absolute atomic E-state index is 0.0272. The lowest BCUT2D eigenvalue weighted by molar-refractivity contribution is -0.384. The summed E-state index contributed by atoms with van der Waals surface area (Å²) in [4.78, 5) is 25.3. The fraction of sp³-hybridized carbons (Fsp3) is 0.778. The minimum atomic E-state index is -0.583. The number of rotatable bonds is 5. The van der Waals surface area contributed by atoms with Gasteiger partial charge in [-0.05, 0) is 46.5 Å². The second-order valence-electron chi connectivity index (χ2n) is 8.38. The number of methoxy groups -OCH3 is 1. The standard InChI is InChI=1S/C18H29N5O5/c1-18(2,3)28-17(24)20-13-7-9-21(10-8-15(13)27-4)16-14(23(25)26)11-19-22(16)12-5-6-12/h11-13,15H,5-10H2,1-4H3,(H,20,24). The number of hydrogen-bond donors (Lipinski definition) is 1. The average molecular weight is 395 g/mol. The molecule has 2 unspecified atom stereocenters. The SMILES string of the molecule is COC1CCN(c2c([N+](=O)[O-])cnn2C2CC2)CCC1NC(=O)OC(C)(C)C. The summed E-state index contributed by atoms with van der Waals surface area (Å²) in [6.07, 6.45) is 3.85. The number of nitro groups is 1. The highest BCUT2D eigenvalue weighted by Gasteiger charge is 2.37. The highest BCUT2D eigenvalue weighted by molar-refractivity contribution is 5.68. The molecule has 1 aromatic rings. The lowest BCUT2D eigenvalue weighted by Gasteiger charge is -2.26. The van der Waals surface area contributed by atoms with Gasteiger partial charge in [0.25, 0.3) is 0 Å². The molecule has 1 saturated carbocycles. The van der Waals surface area contributed by atoms with Gasteiger partial charge in [-0.25, -0.2) is 9.48 Å². The van der Waals surface area contributed by atoms with Crippen LogP contribution in [0.2, 0.25) is 0 Å². The van der Waals surface area contributed by atoms with E-state index in [1.54, 1.807) is 11.8 Å². The van der Waals surface area contributed by atoms with Crippen LogP contribution in [-0.2, 0) is 9.47 Å². The molecule has 10 heteroatoms. The largest absolute Gasteiger partial charge is 0.444 e. The van der Waals surface area contributed by atoms with Crippen LogP contribution in [-0.4, -0.2) is 58.7 Å². The van der Waals surface area contributed by atoms with Crippen LogP contribution in [0, 0.1) is 10.1 Å². The Bertz CT molecular complexity index is 724. The highest BCUT2D eigenvalue weighted by Crippen LogP contribution is 2.41. The summed E-state index contributed by atoms with van der Waals surface area (Å²) in [5, 5.41) is 18.7. The van der Waals surface area contributed by atoms with E-state index in [2.05, 4.69) is 10.4 Å². The van der Waals surface area contributed by atoms with Gasteiger partial charge in [0.15, 0.2) is 0 Å². The Morgan fingerprint density at radius 1 is 1.29 bits per heavy atom. The third kappa shape index (κ3) is 4.73. The predicted molar refractivity (Wildman–Crippen MR) is 103 cm³/mol. The monoisotopic (exact) mass is 395 g/mol. The van der Waals surface area contributed by atoms with E-state index in [4.69, 9.17) is 9.47 Å². The van der Waals surface area contributed by atoms with Gasteiger partial charge in [0, 0.05) is 20.2 Å². The second-order valence-corrected chi connectivity index (χ2v) is 8.38. The van der Waals surface area contributed by atoms with E-state index in [0.717, 1.165) is 12.8 Å². The molecule has 10 nitrogen and oxygen atoms in total. The maximum absolute atomic E-state index is 12.2. The van der Waals surface area contributed by atoms with Crippen molar-refractivity contribution < 1.29 is 19.2 Å². The fourth-order valence-corrected chi connectivity index (χ4v) is 3.56. The summed E-state index contributed by atoms with van der Waals surface area (Å²) in [7, 11) is 1.61. The quantitative estimate of drug-likeness (QED) is 0.602. The number of nitrogens with zero attached hydrogens (tertiary/aromatic N) is 4. The average Bonchev–Trinajstić information content (AvgIpc) is 3.36. The number of nitrogens with one attached hydrogen (secondary N) is 1. The van der Waals surface area contributed by atoms with E-state index < -0.39 is 11.7 Å². The lowest BCUT2D eigenvalue weighted by atomic mass is 10.1. The van der Waals surface area contributed by atoms with Gasteiger partial charge in [-0.1, -0.05) is 0 Å². The molecule has 0 bridgehead atoms. The lowest BCUT2D eigenvalue weighted by Crippen LogP contribution is -2.46. The Kier molecular flexibility index (Phi) is 5.78. The number of aromatic nitrogens is 2. The molecule has 1 aromatic heterocycles. The van der Waals surface area contributed by atoms with Crippen LogP contribution in [0.3, 0.4) is 0 Å². The molecule has 3 rings (SSSR count). The molecule has 0 aromatic carbocycles. The van der Waals surface area contributed by atoms with E-state index in [-0.39, 0.29) is 28.8 Å². The molecule has 1 aliphatic carbocycles. The summed E-state index contributed by atoms with van der Waals surface area (Å²) in [5.41, 5.74) is -0.555. The van der Waals surface area contributed by atoms with Gasteiger partial charge in [-0.2, -0.15) is 5.10 Å². The van der Waals surface area contributed by atoms with Crippen molar-refractivity contribution in [2.45, 2.75) is 70.2 Å². The maximum atomic E-state index is 12.2. The molecule has 28 heavy (non-hydrogen) atoms. The van der Waals surface area contributed by atoms with Crippen molar-refractivity contribution in [3.63, 3.8) is 0 Å². The van der Waals surface area contributed by atoms with Gasteiger partial charge >= 0.3 is 11.8 Å². The van der Waals surface area contributed by atoms with E-state index in [1.165, 1.54) is 6.20 Å². The van der Waals surface area contributed by atoms with E-state index in [9.17, 15) is 14.9 Å². The first-order chi connectivity index (χ1) is 13.2. The summed E-state index contributed by atoms with van der Waals surface area (Å²) in [6.45, 7) is 6.58. The van der Waals surface area contributed by atoms with Crippen molar-refractivity contribution in [1.82, 2.24) is 15.1 Å². The van der Waals surface area contributed by atoms with Gasteiger partial charge in [-0.3, -0.25) is 10.1 Å². The van der Waals surface area contributed by atoms with Gasteiger partial charge < -0.3 is 19.7 Å². The Morgan fingerprint density at radius 3 is 2.54 bits per heavy atom. The topological polar surface area (TPSA) is 112 Å². The summed E-state index contributed by atoms with van der Waals surface area (Å²) in [6, 6.07) is 0.00191. The van der Waals surface area contributed by atoms with Crippen molar-refractivity contribution >= 4 is 17.6 Å². The number of amides is 1. The Labute approximate surface area is 164 Å². The highest BCUT2D eigenvalue weighted by atomic mass is 16.6. The van der Waals surface area contributed by atoms with Crippen LogP contribution >= 0.6 is 0 Å².